The molecule has 1 atom stereocenters. The maximum absolute atomic E-state index is 12.6. The molecule has 3 heterocycles. The van der Waals surface area contributed by atoms with Crippen molar-refractivity contribution < 1.29 is 4.79 Å². The third kappa shape index (κ3) is 3.32. The van der Waals surface area contributed by atoms with Crippen molar-refractivity contribution in [3.05, 3.63) is 65.3 Å². The molecular weight excluding hydrogens is 350 g/mol. The summed E-state index contributed by atoms with van der Waals surface area (Å²) in [6.07, 6.45) is 6.89. The number of nitrogens with zero attached hydrogens (tertiary/aromatic N) is 4. The second-order valence-electron chi connectivity index (χ2n) is 6.36. The summed E-state index contributed by atoms with van der Waals surface area (Å²) in [6.45, 7) is 1.35. The Labute approximate surface area is 156 Å². The number of amides is 1. The number of benzene rings is 1. The number of aromatic nitrogens is 4. The predicted molar refractivity (Wildman–Crippen MR) is 98.9 cm³/mol. The van der Waals surface area contributed by atoms with Crippen LogP contribution >= 0.6 is 11.6 Å². The number of carbonyl (C=O) groups is 1. The SMILES string of the molecule is O=C(c1ccn[nH]1)N1CCC[C@H](c2nccnc2-c2cccc(Cl)c2)C1. The minimum Gasteiger partial charge on any atom is -0.337 e. The summed E-state index contributed by atoms with van der Waals surface area (Å²) in [5.74, 6) is 0.110. The van der Waals surface area contributed by atoms with Gasteiger partial charge in [-0.25, -0.2) is 0 Å². The number of rotatable bonds is 3. The molecule has 6 nitrogen and oxygen atoms in total. The van der Waals surface area contributed by atoms with Gasteiger partial charge in [0.2, 0.25) is 0 Å². The Hall–Kier alpha value is -2.73. The van der Waals surface area contributed by atoms with E-state index in [1.165, 1.54) is 0 Å². The monoisotopic (exact) mass is 367 g/mol. The molecule has 1 amide bonds. The minimum atomic E-state index is -0.0274. The fraction of sp³-hybridized carbons (Fsp3) is 0.263. The third-order valence-corrected chi connectivity index (χ3v) is 4.89. The Morgan fingerprint density at radius 1 is 1.19 bits per heavy atom. The number of piperidine rings is 1. The highest BCUT2D eigenvalue weighted by molar-refractivity contribution is 6.30. The number of halogens is 1. The van der Waals surface area contributed by atoms with E-state index in [9.17, 15) is 4.79 Å². The number of hydrogen-bond acceptors (Lipinski definition) is 4. The number of nitrogens with one attached hydrogen (secondary N) is 1. The zero-order chi connectivity index (χ0) is 17.9. The topological polar surface area (TPSA) is 74.8 Å². The van der Waals surface area contributed by atoms with Crippen molar-refractivity contribution in [3.63, 3.8) is 0 Å². The van der Waals surface area contributed by atoms with Crippen molar-refractivity contribution in [2.45, 2.75) is 18.8 Å². The molecule has 26 heavy (non-hydrogen) atoms. The molecular formula is C19H18ClN5O. The normalized spacial score (nSPS) is 17.3. The summed E-state index contributed by atoms with van der Waals surface area (Å²) in [7, 11) is 0. The number of likely N-dealkylation sites (tertiary alicyclic amines) is 1. The van der Waals surface area contributed by atoms with Crippen molar-refractivity contribution in [2.24, 2.45) is 0 Å². The summed E-state index contributed by atoms with van der Waals surface area (Å²) in [5.41, 5.74) is 3.20. The standard InChI is InChI=1S/C19H18ClN5O/c20-15-5-1-3-13(11-15)17-18(22-9-8-21-17)14-4-2-10-25(12-14)19(26)16-6-7-23-24-16/h1,3,5-9,11,14H,2,4,10,12H2,(H,23,24)/t14-/m0/s1. The van der Waals surface area contributed by atoms with Gasteiger partial charge in [-0.2, -0.15) is 5.10 Å². The molecule has 0 saturated carbocycles. The van der Waals surface area contributed by atoms with Crippen molar-refractivity contribution in [2.75, 3.05) is 13.1 Å². The maximum Gasteiger partial charge on any atom is 0.271 e. The number of aromatic amines is 1. The van der Waals surface area contributed by atoms with Gasteiger partial charge in [0.1, 0.15) is 5.69 Å². The van der Waals surface area contributed by atoms with E-state index in [-0.39, 0.29) is 11.8 Å². The first kappa shape index (κ1) is 16.7. The number of H-pyrrole nitrogens is 1. The van der Waals surface area contributed by atoms with E-state index in [2.05, 4.69) is 20.2 Å². The van der Waals surface area contributed by atoms with Crippen LogP contribution in [0.4, 0.5) is 0 Å². The van der Waals surface area contributed by atoms with Gasteiger partial charge in [-0.15, -0.1) is 0 Å². The minimum absolute atomic E-state index is 0.0274. The Kier molecular flexibility index (Phi) is 4.67. The van der Waals surface area contributed by atoms with Gasteiger partial charge in [-0.1, -0.05) is 23.7 Å². The van der Waals surface area contributed by atoms with Crippen molar-refractivity contribution in [1.82, 2.24) is 25.1 Å². The lowest BCUT2D eigenvalue weighted by molar-refractivity contribution is 0.0700. The molecule has 2 aromatic heterocycles. The molecule has 0 radical (unpaired) electrons. The van der Waals surface area contributed by atoms with Crippen molar-refractivity contribution in [3.8, 4) is 11.3 Å². The summed E-state index contributed by atoms with van der Waals surface area (Å²) in [5, 5.41) is 7.28. The maximum atomic E-state index is 12.6. The van der Waals surface area contributed by atoms with Gasteiger partial charge in [0.25, 0.3) is 5.91 Å². The molecule has 0 spiro atoms. The zero-order valence-corrected chi connectivity index (χ0v) is 14.9. The molecule has 1 saturated heterocycles. The molecule has 1 N–H and O–H groups in total. The fourth-order valence-corrected chi connectivity index (χ4v) is 3.63. The van der Waals surface area contributed by atoms with Crippen LogP contribution in [0.25, 0.3) is 11.3 Å². The first-order chi connectivity index (χ1) is 12.7. The summed E-state index contributed by atoms with van der Waals surface area (Å²) >= 11 is 6.14. The van der Waals surface area contributed by atoms with Crippen LogP contribution in [-0.4, -0.2) is 44.1 Å². The van der Waals surface area contributed by atoms with Crippen LogP contribution < -0.4 is 0 Å². The zero-order valence-electron chi connectivity index (χ0n) is 14.1. The van der Waals surface area contributed by atoms with E-state index < -0.39 is 0 Å². The molecule has 132 valence electrons. The Morgan fingerprint density at radius 2 is 2.08 bits per heavy atom. The Bertz CT molecular complexity index is 912. The molecule has 1 aliphatic heterocycles. The highest BCUT2D eigenvalue weighted by Crippen LogP contribution is 2.32. The molecule has 1 fully saturated rings. The highest BCUT2D eigenvalue weighted by atomic mass is 35.5. The average Bonchev–Trinajstić information content (AvgIpc) is 3.22. The van der Waals surface area contributed by atoms with E-state index >= 15 is 0 Å². The molecule has 4 rings (SSSR count). The van der Waals surface area contributed by atoms with Crippen molar-refractivity contribution >= 4 is 17.5 Å². The van der Waals surface area contributed by atoms with E-state index in [1.54, 1.807) is 24.7 Å². The number of carbonyl (C=O) groups excluding carboxylic acids is 1. The summed E-state index contributed by atoms with van der Waals surface area (Å²) < 4.78 is 0. The van der Waals surface area contributed by atoms with Crippen LogP contribution in [0.3, 0.4) is 0 Å². The molecule has 1 aliphatic rings. The van der Waals surface area contributed by atoms with Gasteiger partial charge in [-0.05, 0) is 31.0 Å². The van der Waals surface area contributed by atoms with Gasteiger partial charge in [0, 0.05) is 48.2 Å². The van der Waals surface area contributed by atoms with E-state index in [4.69, 9.17) is 11.6 Å². The van der Waals surface area contributed by atoms with Crippen LogP contribution in [-0.2, 0) is 0 Å². The van der Waals surface area contributed by atoms with Gasteiger partial charge in [0.15, 0.2) is 0 Å². The summed E-state index contributed by atoms with van der Waals surface area (Å²) in [6, 6.07) is 9.32. The second kappa shape index (κ2) is 7.25. The van der Waals surface area contributed by atoms with E-state index in [1.807, 2.05) is 29.2 Å². The van der Waals surface area contributed by atoms with Crippen LogP contribution in [0.2, 0.25) is 5.02 Å². The lowest BCUT2D eigenvalue weighted by atomic mass is 9.91. The van der Waals surface area contributed by atoms with Crippen LogP contribution in [0, 0.1) is 0 Å². The first-order valence-electron chi connectivity index (χ1n) is 8.58. The van der Waals surface area contributed by atoms with E-state index in [0.29, 0.717) is 17.3 Å². The second-order valence-corrected chi connectivity index (χ2v) is 6.80. The largest absolute Gasteiger partial charge is 0.337 e. The summed E-state index contributed by atoms with van der Waals surface area (Å²) in [4.78, 5) is 23.6. The molecule has 1 aromatic carbocycles. The van der Waals surface area contributed by atoms with E-state index in [0.717, 1.165) is 36.3 Å². The Balaban J connectivity index is 1.62. The van der Waals surface area contributed by atoms with Crippen molar-refractivity contribution in [1.29, 1.82) is 0 Å². The predicted octanol–water partition coefficient (Wildman–Crippen LogP) is 3.54. The van der Waals surface area contributed by atoms with Gasteiger partial charge < -0.3 is 4.90 Å². The highest BCUT2D eigenvalue weighted by Gasteiger charge is 2.28. The van der Waals surface area contributed by atoms with Gasteiger partial charge in [-0.3, -0.25) is 19.9 Å². The molecule has 0 unspecified atom stereocenters. The molecule has 0 bridgehead atoms. The molecule has 7 heteroatoms. The van der Waals surface area contributed by atoms with Gasteiger partial charge >= 0.3 is 0 Å². The first-order valence-corrected chi connectivity index (χ1v) is 8.95. The average molecular weight is 368 g/mol. The van der Waals surface area contributed by atoms with Crippen LogP contribution in [0.5, 0.6) is 0 Å². The fourth-order valence-electron chi connectivity index (χ4n) is 3.44. The lowest BCUT2D eigenvalue weighted by Gasteiger charge is -2.32. The molecule has 3 aromatic rings. The lowest BCUT2D eigenvalue weighted by Crippen LogP contribution is -2.39. The van der Waals surface area contributed by atoms with Crippen LogP contribution in [0.1, 0.15) is 34.9 Å². The third-order valence-electron chi connectivity index (χ3n) is 4.65. The molecule has 0 aliphatic carbocycles. The number of hydrogen-bond donors (Lipinski definition) is 1. The smallest absolute Gasteiger partial charge is 0.271 e. The Morgan fingerprint density at radius 3 is 2.88 bits per heavy atom. The van der Waals surface area contributed by atoms with Crippen LogP contribution in [0.15, 0.2) is 48.9 Å². The van der Waals surface area contributed by atoms with Gasteiger partial charge in [0.05, 0.1) is 11.4 Å². The quantitative estimate of drug-likeness (QED) is 0.768.